The summed E-state index contributed by atoms with van der Waals surface area (Å²) in [4.78, 5) is 35.5. The second kappa shape index (κ2) is 10.7. The molecule has 0 aromatic carbocycles. The van der Waals surface area contributed by atoms with E-state index in [9.17, 15) is 14.7 Å². The van der Waals surface area contributed by atoms with Crippen LogP contribution < -0.4 is 4.90 Å². The molecular formula is C27H44N4O4Si. The fourth-order valence-corrected chi connectivity index (χ4v) is 6.41. The second-order valence-electron chi connectivity index (χ2n) is 12.3. The minimum Gasteiger partial charge on any atom is -0.465 e. The molecule has 2 aliphatic heterocycles. The summed E-state index contributed by atoms with van der Waals surface area (Å²) in [5.41, 5.74) is 2.19. The van der Waals surface area contributed by atoms with Crippen LogP contribution in [0, 0.1) is 5.92 Å². The van der Waals surface area contributed by atoms with Crippen molar-refractivity contribution in [1.29, 1.82) is 0 Å². The van der Waals surface area contributed by atoms with Crippen LogP contribution in [-0.2, 0) is 22.2 Å². The van der Waals surface area contributed by atoms with Gasteiger partial charge < -0.3 is 19.3 Å². The van der Waals surface area contributed by atoms with E-state index in [0.717, 1.165) is 30.0 Å². The van der Waals surface area contributed by atoms with Gasteiger partial charge in [-0.1, -0.05) is 39.7 Å². The standard InChI is InChI=1S/C27H44N4O4Si/c1-27(2,3)36(4,5)35-19-22-18-29(14-15-31(22)26(33)34)24-11-10-21-17-30(13-12-23(21)28-24)25(32)16-20-8-6-7-9-20/h10-11,20,22H,6-9,12-19H2,1-5H3,(H,33,34). The van der Waals surface area contributed by atoms with E-state index in [0.29, 0.717) is 45.1 Å². The number of fused-ring (bicyclic) bond motifs is 1. The maximum Gasteiger partial charge on any atom is 0.407 e. The van der Waals surface area contributed by atoms with Crippen LogP contribution in [0.4, 0.5) is 10.6 Å². The Morgan fingerprint density at radius 1 is 1.14 bits per heavy atom. The molecule has 1 aromatic heterocycles. The smallest absolute Gasteiger partial charge is 0.407 e. The van der Waals surface area contributed by atoms with Gasteiger partial charge in [-0.25, -0.2) is 9.78 Å². The highest BCUT2D eigenvalue weighted by atomic mass is 28.4. The summed E-state index contributed by atoms with van der Waals surface area (Å²) in [6.45, 7) is 14.4. The third-order valence-electron chi connectivity index (χ3n) is 8.82. The maximum absolute atomic E-state index is 12.8. The topological polar surface area (TPSA) is 86.2 Å². The van der Waals surface area contributed by atoms with Crippen molar-refractivity contribution in [3.63, 3.8) is 0 Å². The quantitative estimate of drug-likeness (QED) is 0.550. The first-order valence-corrected chi connectivity index (χ1v) is 16.5. The molecule has 1 aromatic rings. The third-order valence-corrected chi connectivity index (χ3v) is 13.3. The summed E-state index contributed by atoms with van der Waals surface area (Å²) in [6.07, 6.45) is 5.48. The molecule has 1 aliphatic carbocycles. The van der Waals surface area contributed by atoms with Gasteiger partial charge >= 0.3 is 6.09 Å². The Hall–Kier alpha value is -2.13. The number of hydrogen-bond donors (Lipinski definition) is 1. The summed E-state index contributed by atoms with van der Waals surface area (Å²) in [5.74, 6) is 1.74. The number of carbonyl (C=O) groups is 2. The number of carbonyl (C=O) groups excluding carboxylic acids is 1. The number of nitrogens with zero attached hydrogens (tertiary/aromatic N) is 4. The first-order chi connectivity index (χ1) is 16.9. The molecule has 1 saturated heterocycles. The van der Waals surface area contributed by atoms with E-state index in [1.165, 1.54) is 30.6 Å². The zero-order chi connectivity index (χ0) is 26.1. The van der Waals surface area contributed by atoms with Gasteiger partial charge in [-0.2, -0.15) is 0 Å². The molecule has 4 rings (SSSR count). The molecule has 0 spiro atoms. The van der Waals surface area contributed by atoms with Crippen LogP contribution in [0.2, 0.25) is 18.1 Å². The van der Waals surface area contributed by atoms with E-state index in [1.54, 1.807) is 0 Å². The van der Waals surface area contributed by atoms with Crippen molar-refractivity contribution in [2.45, 2.75) is 90.0 Å². The highest BCUT2D eigenvalue weighted by molar-refractivity contribution is 6.74. The van der Waals surface area contributed by atoms with Crippen LogP contribution >= 0.6 is 0 Å². The van der Waals surface area contributed by atoms with Gasteiger partial charge in [0.15, 0.2) is 8.32 Å². The van der Waals surface area contributed by atoms with Crippen LogP contribution in [0.3, 0.4) is 0 Å². The Bertz CT molecular complexity index is 958. The number of hydrogen-bond acceptors (Lipinski definition) is 5. The average molecular weight is 517 g/mol. The molecule has 200 valence electrons. The van der Waals surface area contributed by atoms with E-state index in [2.05, 4.69) is 44.8 Å². The predicted molar refractivity (Wildman–Crippen MR) is 144 cm³/mol. The Kier molecular flexibility index (Phi) is 8.00. The van der Waals surface area contributed by atoms with E-state index in [1.807, 2.05) is 11.0 Å². The first-order valence-electron chi connectivity index (χ1n) is 13.6. The normalized spacial score (nSPS) is 21.6. The number of carboxylic acid groups (broad SMARTS) is 1. The van der Waals surface area contributed by atoms with E-state index in [4.69, 9.17) is 9.41 Å². The lowest BCUT2D eigenvalue weighted by atomic mass is 10.0. The molecule has 9 heteroatoms. The molecular weight excluding hydrogens is 472 g/mol. The fraction of sp³-hybridized carbons (Fsp3) is 0.741. The monoisotopic (exact) mass is 516 g/mol. The van der Waals surface area contributed by atoms with E-state index in [-0.39, 0.29) is 17.0 Å². The molecule has 0 radical (unpaired) electrons. The average Bonchev–Trinajstić information content (AvgIpc) is 3.34. The van der Waals surface area contributed by atoms with Crippen molar-refractivity contribution in [1.82, 2.24) is 14.8 Å². The summed E-state index contributed by atoms with van der Waals surface area (Å²) in [5, 5.41) is 9.86. The minimum absolute atomic E-state index is 0.0713. The number of anilines is 1. The highest BCUT2D eigenvalue weighted by Gasteiger charge is 2.39. The van der Waals surface area contributed by atoms with Crippen LogP contribution in [0.1, 0.15) is 64.1 Å². The van der Waals surface area contributed by atoms with Gasteiger partial charge in [0.2, 0.25) is 5.91 Å². The van der Waals surface area contributed by atoms with Gasteiger partial charge in [0, 0.05) is 51.3 Å². The van der Waals surface area contributed by atoms with Gasteiger partial charge in [-0.3, -0.25) is 9.69 Å². The van der Waals surface area contributed by atoms with Crippen LogP contribution in [0.25, 0.3) is 0 Å². The fourth-order valence-electron chi connectivity index (χ4n) is 5.36. The van der Waals surface area contributed by atoms with Crippen molar-refractivity contribution in [2.24, 2.45) is 5.92 Å². The summed E-state index contributed by atoms with van der Waals surface area (Å²) < 4.78 is 6.42. The van der Waals surface area contributed by atoms with E-state index >= 15 is 0 Å². The summed E-state index contributed by atoms with van der Waals surface area (Å²) in [6, 6.07) is 3.91. The van der Waals surface area contributed by atoms with Crippen molar-refractivity contribution in [3.8, 4) is 0 Å². The highest BCUT2D eigenvalue weighted by Crippen LogP contribution is 2.37. The molecule has 1 N–H and O–H groups in total. The molecule has 0 bridgehead atoms. The predicted octanol–water partition coefficient (Wildman–Crippen LogP) is 4.74. The van der Waals surface area contributed by atoms with Crippen LogP contribution in [-0.4, -0.2) is 79.0 Å². The lowest BCUT2D eigenvalue weighted by Gasteiger charge is -2.43. The van der Waals surface area contributed by atoms with Crippen molar-refractivity contribution in [2.75, 3.05) is 37.7 Å². The summed E-state index contributed by atoms with van der Waals surface area (Å²) >= 11 is 0. The van der Waals surface area contributed by atoms with Gasteiger partial charge in [0.25, 0.3) is 0 Å². The molecule has 2 fully saturated rings. The van der Waals surface area contributed by atoms with Gasteiger partial charge in [0.1, 0.15) is 5.82 Å². The number of aromatic nitrogens is 1. The lowest BCUT2D eigenvalue weighted by molar-refractivity contribution is -0.133. The Balaban J connectivity index is 1.40. The molecule has 8 nitrogen and oxygen atoms in total. The Morgan fingerprint density at radius 3 is 2.53 bits per heavy atom. The maximum atomic E-state index is 12.8. The molecule has 3 heterocycles. The summed E-state index contributed by atoms with van der Waals surface area (Å²) in [7, 11) is -1.99. The Morgan fingerprint density at radius 2 is 1.86 bits per heavy atom. The number of amides is 2. The SMILES string of the molecule is CC(C)(C)[Si](C)(C)OCC1CN(c2ccc3c(n2)CCN(C(=O)CC2CCCC2)C3)CCN1C(=O)O. The zero-order valence-corrected chi connectivity index (χ0v) is 23.8. The van der Waals surface area contributed by atoms with E-state index < -0.39 is 14.4 Å². The molecule has 1 saturated carbocycles. The molecule has 3 aliphatic rings. The van der Waals surface area contributed by atoms with Gasteiger partial charge in [0.05, 0.1) is 12.6 Å². The molecule has 36 heavy (non-hydrogen) atoms. The minimum atomic E-state index is -1.99. The number of pyridine rings is 1. The molecule has 2 amide bonds. The van der Waals surface area contributed by atoms with Gasteiger partial charge in [-0.05, 0) is 48.5 Å². The zero-order valence-electron chi connectivity index (χ0n) is 22.8. The van der Waals surface area contributed by atoms with Crippen molar-refractivity contribution in [3.05, 3.63) is 23.4 Å². The first kappa shape index (κ1) is 26.9. The molecule has 1 unspecified atom stereocenters. The van der Waals surface area contributed by atoms with Gasteiger partial charge in [-0.15, -0.1) is 0 Å². The lowest BCUT2D eigenvalue weighted by Crippen LogP contribution is -2.58. The van der Waals surface area contributed by atoms with Crippen LogP contribution in [0.5, 0.6) is 0 Å². The molecule has 1 atom stereocenters. The van der Waals surface area contributed by atoms with Crippen molar-refractivity contribution >= 4 is 26.1 Å². The number of piperazine rings is 1. The Labute approximate surface area is 217 Å². The third kappa shape index (κ3) is 6.05. The largest absolute Gasteiger partial charge is 0.465 e. The van der Waals surface area contributed by atoms with Crippen molar-refractivity contribution < 1.29 is 19.1 Å². The second-order valence-corrected chi connectivity index (χ2v) is 17.2. The number of rotatable bonds is 6. The van der Waals surface area contributed by atoms with Crippen LogP contribution in [0.15, 0.2) is 12.1 Å².